The zero-order valence-corrected chi connectivity index (χ0v) is 14.9. The lowest BCUT2D eigenvalue weighted by molar-refractivity contribution is -0.130. The third-order valence-electron chi connectivity index (χ3n) is 4.79. The lowest BCUT2D eigenvalue weighted by atomic mass is 10.2. The molecule has 0 aliphatic rings. The van der Waals surface area contributed by atoms with Gasteiger partial charge in [0.2, 0.25) is 5.91 Å². The molecule has 0 N–H and O–H groups in total. The van der Waals surface area contributed by atoms with Crippen LogP contribution < -0.4 is 0 Å². The van der Waals surface area contributed by atoms with Crippen molar-refractivity contribution in [2.24, 2.45) is 0 Å². The Morgan fingerprint density at radius 1 is 1.08 bits per heavy atom. The number of para-hydroxylation sites is 1. The van der Waals surface area contributed by atoms with Crippen molar-refractivity contribution >= 4 is 22.5 Å². The molecule has 3 aromatic heterocycles. The van der Waals surface area contributed by atoms with E-state index in [1.54, 1.807) is 0 Å². The van der Waals surface area contributed by atoms with E-state index in [1.807, 2.05) is 59.1 Å². The third-order valence-corrected chi connectivity index (χ3v) is 4.79. The van der Waals surface area contributed by atoms with Crippen LogP contribution in [0.2, 0.25) is 0 Å². The molecule has 0 atom stereocenters. The van der Waals surface area contributed by atoms with Gasteiger partial charge in [0.25, 0.3) is 0 Å². The van der Waals surface area contributed by atoms with Gasteiger partial charge in [0.15, 0.2) is 0 Å². The fourth-order valence-electron chi connectivity index (χ4n) is 3.25. The number of aromatic nitrogens is 3. The normalized spacial score (nSPS) is 11.3. The number of rotatable bonds is 6. The SMILES string of the molecule is CN(CCn1ccc2ccccc21)C(=O)CCc1cn2ccccc2n1. The number of aryl methyl sites for hydroxylation is 1. The molecular formula is C21H22N4O. The molecule has 4 aromatic rings. The molecule has 0 radical (unpaired) electrons. The van der Waals surface area contributed by atoms with Crippen LogP contribution in [-0.2, 0) is 17.8 Å². The van der Waals surface area contributed by atoms with Crippen LogP contribution >= 0.6 is 0 Å². The first kappa shape index (κ1) is 16.4. The maximum Gasteiger partial charge on any atom is 0.222 e. The van der Waals surface area contributed by atoms with E-state index in [4.69, 9.17) is 0 Å². The van der Waals surface area contributed by atoms with E-state index in [1.165, 1.54) is 10.9 Å². The highest BCUT2D eigenvalue weighted by atomic mass is 16.2. The summed E-state index contributed by atoms with van der Waals surface area (Å²) in [7, 11) is 1.87. The first-order valence-electron chi connectivity index (χ1n) is 8.91. The summed E-state index contributed by atoms with van der Waals surface area (Å²) in [6, 6.07) is 16.3. The highest BCUT2D eigenvalue weighted by Crippen LogP contribution is 2.15. The van der Waals surface area contributed by atoms with Crippen LogP contribution in [0, 0.1) is 0 Å². The summed E-state index contributed by atoms with van der Waals surface area (Å²) in [4.78, 5) is 18.8. The summed E-state index contributed by atoms with van der Waals surface area (Å²) >= 11 is 0. The lowest BCUT2D eigenvalue weighted by Crippen LogP contribution is -2.30. The van der Waals surface area contributed by atoms with Crippen molar-refractivity contribution in [2.45, 2.75) is 19.4 Å². The van der Waals surface area contributed by atoms with Gasteiger partial charge in [-0.25, -0.2) is 4.98 Å². The largest absolute Gasteiger partial charge is 0.346 e. The topological polar surface area (TPSA) is 42.5 Å². The van der Waals surface area contributed by atoms with Crippen molar-refractivity contribution in [3.8, 4) is 0 Å². The van der Waals surface area contributed by atoms with E-state index in [0.717, 1.165) is 17.9 Å². The minimum absolute atomic E-state index is 0.151. The average molecular weight is 346 g/mol. The highest BCUT2D eigenvalue weighted by molar-refractivity contribution is 5.80. The maximum absolute atomic E-state index is 12.4. The molecule has 3 heterocycles. The molecule has 26 heavy (non-hydrogen) atoms. The highest BCUT2D eigenvalue weighted by Gasteiger charge is 2.11. The Balaban J connectivity index is 1.32. The number of hydrogen-bond donors (Lipinski definition) is 0. The van der Waals surface area contributed by atoms with Gasteiger partial charge in [-0.2, -0.15) is 0 Å². The monoisotopic (exact) mass is 346 g/mol. The molecule has 0 unspecified atom stereocenters. The molecular weight excluding hydrogens is 324 g/mol. The minimum atomic E-state index is 0.151. The summed E-state index contributed by atoms with van der Waals surface area (Å²) in [5.41, 5.74) is 3.08. The first-order valence-corrected chi connectivity index (χ1v) is 8.91. The van der Waals surface area contributed by atoms with Crippen molar-refractivity contribution in [3.63, 3.8) is 0 Å². The second-order valence-corrected chi connectivity index (χ2v) is 6.58. The molecule has 4 rings (SSSR count). The maximum atomic E-state index is 12.4. The zero-order valence-electron chi connectivity index (χ0n) is 14.9. The quantitative estimate of drug-likeness (QED) is 0.537. The van der Waals surface area contributed by atoms with Crippen LogP contribution in [0.1, 0.15) is 12.1 Å². The number of fused-ring (bicyclic) bond motifs is 2. The van der Waals surface area contributed by atoms with Gasteiger partial charge in [-0.3, -0.25) is 4.79 Å². The van der Waals surface area contributed by atoms with Crippen molar-refractivity contribution < 1.29 is 4.79 Å². The summed E-state index contributed by atoms with van der Waals surface area (Å²) in [5.74, 6) is 0.151. The summed E-state index contributed by atoms with van der Waals surface area (Å²) in [5, 5.41) is 1.23. The molecule has 0 saturated carbocycles. The molecule has 5 heteroatoms. The molecule has 1 amide bonds. The Bertz CT molecular complexity index is 1010. The summed E-state index contributed by atoms with van der Waals surface area (Å²) in [6.45, 7) is 1.49. The number of carbonyl (C=O) groups is 1. The molecule has 0 spiro atoms. The third kappa shape index (κ3) is 3.33. The molecule has 0 saturated heterocycles. The van der Waals surface area contributed by atoms with E-state index in [2.05, 4.69) is 33.9 Å². The van der Waals surface area contributed by atoms with Gasteiger partial charge in [-0.15, -0.1) is 0 Å². The van der Waals surface area contributed by atoms with Gasteiger partial charge in [0, 0.05) is 50.7 Å². The lowest BCUT2D eigenvalue weighted by Gasteiger charge is -2.17. The van der Waals surface area contributed by atoms with Crippen LogP contribution in [0.15, 0.2) is 67.1 Å². The smallest absolute Gasteiger partial charge is 0.222 e. The second kappa shape index (κ2) is 7.04. The molecule has 132 valence electrons. The fraction of sp³-hybridized carbons (Fsp3) is 0.238. The van der Waals surface area contributed by atoms with Gasteiger partial charge >= 0.3 is 0 Å². The molecule has 1 aromatic carbocycles. The molecule has 5 nitrogen and oxygen atoms in total. The van der Waals surface area contributed by atoms with E-state index < -0.39 is 0 Å². The van der Waals surface area contributed by atoms with Crippen molar-refractivity contribution in [1.82, 2.24) is 18.9 Å². The first-order chi connectivity index (χ1) is 12.7. The average Bonchev–Trinajstić information content (AvgIpc) is 3.27. The van der Waals surface area contributed by atoms with E-state index in [9.17, 15) is 4.79 Å². The number of hydrogen-bond acceptors (Lipinski definition) is 2. The van der Waals surface area contributed by atoms with E-state index in [-0.39, 0.29) is 5.91 Å². The predicted octanol–water partition coefficient (Wildman–Crippen LogP) is 3.38. The van der Waals surface area contributed by atoms with Crippen LogP contribution in [0.3, 0.4) is 0 Å². The Morgan fingerprint density at radius 2 is 1.92 bits per heavy atom. The Hall–Kier alpha value is -3.08. The number of benzene rings is 1. The zero-order chi connectivity index (χ0) is 17.9. The second-order valence-electron chi connectivity index (χ2n) is 6.58. The minimum Gasteiger partial charge on any atom is -0.346 e. The Morgan fingerprint density at radius 3 is 2.81 bits per heavy atom. The van der Waals surface area contributed by atoms with E-state index in [0.29, 0.717) is 19.4 Å². The van der Waals surface area contributed by atoms with Gasteiger partial charge in [0.1, 0.15) is 5.65 Å². The van der Waals surface area contributed by atoms with Crippen molar-refractivity contribution in [2.75, 3.05) is 13.6 Å². The number of likely N-dealkylation sites (N-methyl/N-ethyl adjacent to an activating group) is 1. The van der Waals surface area contributed by atoms with Crippen molar-refractivity contribution in [1.29, 1.82) is 0 Å². The van der Waals surface area contributed by atoms with Crippen LogP contribution in [0.25, 0.3) is 16.6 Å². The fourth-order valence-corrected chi connectivity index (χ4v) is 3.25. The summed E-state index contributed by atoms with van der Waals surface area (Å²) < 4.78 is 4.18. The van der Waals surface area contributed by atoms with Crippen LogP contribution in [-0.4, -0.2) is 38.4 Å². The molecule has 0 aliphatic heterocycles. The van der Waals surface area contributed by atoms with Crippen LogP contribution in [0.5, 0.6) is 0 Å². The summed E-state index contributed by atoms with van der Waals surface area (Å²) in [6.07, 6.45) is 7.19. The van der Waals surface area contributed by atoms with Crippen molar-refractivity contribution in [3.05, 3.63) is 72.8 Å². The predicted molar refractivity (Wildman–Crippen MR) is 103 cm³/mol. The van der Waals surface area contributed by atoms with Gasteiger partial charge < -0.3 is 13.9 Å². The number of amides is 1. The van der Waals surface area contributed by atoms with Gasteiger partial charge in [0.05, 0.1) is 5.69 Å². The van der Waals surface area contributed by atoms with E-state index >= 15 is 0 Å². The molecule has 0 aliphatic carbocycles. The van der Waals surface area contributed by atoms with Crippen LogP contribution in [0.4, 0.5) is 0 Å². The number of pyridine rings is 1. The molecule has 0 fully saturated rings. The Labute approximate surface area is 152 Å². The standard InChI is InChI=1S/C21H22N4O/c1-23(14-15-24-13-11-17-6-2-3-7-19(17)24)21(26)10-9-18-16-25-12-5-4-8-20(25)22-18/h2-8,11-13,16H,9-10,14-15H2,1H3. The number of imidazole rings is 1. The number of nitrogens with zero attached hydrogens (tertiary/aromatic N) is 4. The van der Waals surface area contributed by atoms with Gasteiger partial charge in [-0.1, -0.05) is 24.3 Å². The number of carbonyl (C=O) groups excluding carboxylic acids is 1. The Kier molecular flexibility index (Phi) is 4.44. The molecule has 0 bridgehead atoms. The van der Waals surface area contributed by atoms with Gasteiger partial charge in [-0.05, 0) is 36.1 Å².